The molecule has 0 bridgehead atoms. The zero-order chi connectivity index (χ0) is 19.8. The third-order valence-corrected chi connectivity index (χ3v) is 4.66. The number of nitrogens with zero attached hydrogens (tertiary/aromatic N) is 3. The summed E-state index contributed by atoms with van der Waals surface area (Å²) in [5, 5.41) is 17.5. The van der Waals surface area contributed by atoms with E-state index < -0.39 is 4.92 Å². The minimum atomic E-state index is -0.420. The summed E-state index contributed by atoms with van der Waals surface area (Å²) >= 11 is 1.41. The van der Waals surface area contributed by atoms with Crippen molar-refractivity contribution < 1.29 is 9.66 Å². The fourth-order valence-corrected chi connectivity index (χ4v) is 3.08. The van der Waals surface area contributed by atoms with Gasteiger partial charge in [-0.15, -0.1) is 11.3 Å². The number of non-ortho nitro benzene ring substituents is 1. The summed E-state index contributed by atoms with van der Waals surface area (Å²) in [5.41, 5.74) is 5.42. The van der Waals surface area contributed by atoms with Crippen LogP contribution in [-0.2, 0) is 0 Å². The van der Waals surface area contributed by atoms with Crippen molar-refractivity contribution in [3.63, 3.8) is 0 Å². The lowest BCUT2D eigenvalue weighted by Gasteiger charge is -2.07. The summed E-state index contributed by atoms with van der Waals surface area (Å²) < 4.78 is 5.79. The molecule has 3 aromatic rings. The maximum Gasteiger partial charge on any atom is 0.269 e. The molecule has 7 nitrogen and oxygen atoms in total. The third-order valence-electron chi connectivity index (χ3n) is 3.92. The molecule has 0 spiro atoms. The molecule has 0 unspecified atom stereocenters. The lowest BCUT2D eigenvalue weighted by atomic mass is 10.1. The molecule has 144 valence electrons. The first-order chi connectivity index (χ1) is 13.7. The normalized spacial score (nSPS) is 10.9. The molecule has 0 atom stereocenters. The van der Waals surface area contributed by atoms with E-state index >= 15 is 0 Å². The van der Waals surface area contributed by atoms with Gasteiger partial charge in [0.2, 0.25) is 5.13 Å². The molecule has 0 aliphatic heterocycles. The van der Waals surface area contributed by atoms with Gasteiger partial charge in [-0.05, 0) is 30.7 Å². The Bertz CT molecular complexity index is 954. The maximum absolute atomic E-state index is 10.7. The van der Waals surface area contributed by atoms with Crippen molar-refractivity contribution >= 4 is 28.4 Å². The number of benzene rings is 2. The molecule has 0 fully saturated rings. The van der Waals surface area contributed by atoms with Gasteiger partial charge in [-0.2, -0.15) is 5.10 Å². The minimum absolute atomic E-state index is 0.0572. The van der Waals surface area contributed by atoms with Gasteiger partial charge in [-0.25, -0.2) is 4.98 Å². The number of thiazole rings is 1. The van der Waals surface area contributed by atoms with Gasteiger partial charge in [0.15, 0.2) is 0 Å². The molecule has 0 saturated carbocycles. The molecule has 1 N–H and O–H groups in total. The summed E-state index contributed by atoms with van der Waals surface area (Å²) in [6.07, 6.45) is 3.79. The molecule has 1 aromatic heterocycles. The van der Waals surface area contributed by atoms with E-state index in [4.69, 9.17) is 4.74 Å². The van der Waals surface area contributed by atoms with Crippen LogP contribution < -0.4 is 10.2 Å². The van der Waals surface area contributed by atoms with Crippen molar-refractivity contribution in [3.8, 4) is 17.0 Å². The Morgan fingerprint density at radius 2 is 2.04 bits per heavy atom. The summed E-state index contributed by atoms with van der Waals surface area (Å²) in [7, 11) is 0. The van der Waals surface area contributed by atoms with Crippen molar-refractivity contribution in [3.05, 3.63) is 69.6 Å². The average Bonchev–Trinajstić information content (AvgIpc) is 3.18. The first-order valence-corrected chi connectivity index (χ1v) is 9.76. The number of unbranched alkanes of at least 4 members (excludes halogenated alkanes) is 1. The Labute approximate surface area is 166 Å². The molecule has 3 rings (SSSR count). The number of nitro groups is 1. The van der Waals surface area contributed by atoms with E-state index in [-0.39, 0.29) is 5.69 Å². The number of rotatable bonds is 9. The van der Waals surface area contributed by atoms with E-state index in [1.54, 1.807) is 18.3 Å². The molecule has 28 heavy (non-hydrogen) atoms. The van der Waals surface area contributed by atoms with Gasteiger partial charge >= 0.3 is 0 Å². The van der Waals surface area contributed by atoms with E-state index in [0.29, 0.717) is 11.7 Å². The highest BCUT2D eigenvalue weighted by molar-refractivity contribution is 7.14. The van der Waals surface area contributed by atoms with Crippen molar-refractivity contribution in [2.24, 2.45) is 5.10 Å². The third kappa shape index (κ3) is 5.14. The number of nitrogens with one attached hydrogen (secondary N) is 1. The number of aromatic nitrogens is 1. The van der Waals surface area contributed by atoms with Crippen LogP contribution in [0.5, 0.6) is 5.75 Å². The highest BCUT2D eigenvalue weighted by Gasteiger charge is 2.08. The Morgan fingerprint density at radius 3 is 2.79 bits per heavy atom. The van der Waals surface area contributed by atoms with Gasteiger partial charge in [0, 0.05) is 28.6 Å². The summed E-state index contributed by atoms with van der Waals surface area (Å²) in [4.78, 5) is 14.8. The van der Waals surface area contributed by atoms with Crippen molar-refractivity contribution in [1.82, 2.24) is 4.98 Å². The predicted octanol–water partition coefficient (Wildman–Crippen LogP) is 5.34. The van der Waals surface area contributed by atoms with Crippen LogP contribution in [0, 0.1) is 10.1 Å². The van der Waals surface area contributed by atoms with Gasteiger partial charge in [-0.3, -0.25) is 15.5 Å². The zero-order valence-electron chi connectivity index (χ0n) is 15.4. The van der Waals surface area contributed by atoms with Crippen LogP contribution in [0.1, 0.15) is 25.3 Å². The van der Waals surface area contributed by atoms with Gasteiger partial charge < -0.3 is 4.74 Å². The second kappa shape index (κ2) is 9.61. The average molecular weight is 396 g/mol. The Kier molecular flexibility index (Phi) is 6.69. The molecule has 0 saturated heterocycles. The van der Waals surface area contributed by atoms with Crippen LogP contribution in [-0.4, -0.2) is 22.7 Å². The molecule has 0 aliphatic rings. The lowest BCUT2D eigenvalue weighted by molar-refractivity contribution is -0.384. The lowest BCUT2D eigenvalue weighted by Crippen LogP contribution is -2.00. The smallest absolute Gasteiger partial charge is 0.269 e. The van der Waals surface area contributed by atoms with Crippen LogP contribution >= 0.6 is 11.3 Å². The van der Waals surface area contributed by atoms with Gasteiger partial charge in [-0.1, -0.05) is 25.5 Å². The second-order valence-corrected chi connectivity index (χ2v) is 6.81. The molecular weight excluding hydrogens is 376 g/mol. The summed E-state index contributed by atoms with van der Waals surface area (Å²) in [6, 6.07) is 14.0. The fourth-order valence-electron chi connectivity index (χ4n) is 2.41. The van der Waals surface area contributed by atoms with Crippen LogP contribution in [0.25, 0.3) is 11.3 Å². The summed E-state index contributed by atoms with van der Waals surface area (Å²) in [5.74, 6) is 0.798. The van der Waals surface area contributed by atoms with E-state index in [2.05, 4.69) is 22.4 Å². The van der Waals surface area contributed by atoms with Crippen molar-refractivity contribution in [2.75, 3.05) is 12.0 Å². The SMILES string of the molecule is CCCCOc1ccccc1/C=N/Nc1nc(-c2ccc([N+](=O)[O-])cc2)cs1. The number of para-hydroxylation sites is 1. The van der Waals surface area contributed by atoms with Gasteiger partial charge in [0.1, 0.15) is 5.75 Å². The molecule has 0 radical (unpaired) electrons. The molecule has 1 heterocycles. The van der Waals surface area contributed by atoms with Crippen molar-refractivity contribution in [1.29, 1.82) is 0 Å². The largest absolute Gasteiger partial charge is 0.493 e. The van der Waals surface area contributed by atoms with Gasteiger partial charge in [0.25, 0.3) is 5.69 Å². The number of hydrogen-bond donors (Lipinski definition) is 1. The maximum atomic E-state index is 10.7. The van der Waals surface area contributed by atoms with E-state index in [1.165, 1.54) is 23.5 Å². The van der Waals surface area contributed by atoms with Crippen LogP contribution in [0.15, 0.2) is 59.0 Å². The number of anilines is 1. The molecule has 2 aromatic carbocycles. The first kappa shape index (κ1) is 19.5. The Hall–Kier alpha value is -3.26. The predicted molar refractivity (Wildman–Crippen MR) is 112 cm³/mol. The summed E-state index contributed by atoms with van der Waals surface area (Å²) in [6.45, 7) is 2.81. The van der Waals surface area contributed by atoms with Gasteiger partial charge in [0.05, 0.1) is 23.4 Å². The Morgan fingerprint density at radius 1 is 1.25 bits per heavy atom. The number of hydrazone groups is 1. The van der Waals surface area contributed by atoms with E-state index in [1.807, 2.05) is 29.6 Å². The molecule has 0 aliphatic carbocycles. The van der Waals surface area contributed by atoms with E-state index in [0.717, 1.165) is 35.4 Å². The zero-order valence-corrected chi connectivity index (χ0v) is 16.2. The van der Waals surface area contributed by atoms with E-state index in [9.17, 15) is 10.1 Å². The fraction of sp³-hybridized carbons (Fsp3) is 0.200. The number of nitro benzene ring substituents is 1. The number of hydrogen-bond acceptors (Lipinski definition) is 7. The number of ether oxygens (including phenoxy) is 1. The topological polar surface area (TPSA) is 89.7 Å². The second-order valence-electron chi connectivity index (χ2n) is 5.95. The standard InChI is InChI=1S/C20H20N4O3S/c1-2-3-12-27-19-7-5-4-6-16(19)13-21-23-20-22-18(14-28-20)15-8-10-17(11-9-15)24(25)26/h4-11,13-14H,2-3,12H2,1H3,(H,22,23)/b21-13+. The minimum Gasteiger partial charge on any atom is -0.493 e. The monoisotopic (exact) mass is 396 g/mol. The van der Waals surface area contributed by atoms with Crippen LogP contribution in [0.3, 0.4) is 0 Å². The first-order valence-electron chi connectivity index (χ1n) is 8.88. The van der Waals surface area contributed by atoms with Crippen LogP contribution in [0.4, 0.5) is 10.8 Å². The molecule has 0 amide bonds. The molecule has 8 heteroatoms. The van der Waals surface area contributed by atoms with Crippen molar-refractivity contribution in [2.45, 2.75) is 19.8 Å². The highest BCUT2D eigenvalue weighted by atomic mass is 32.1. The molecular formula is C20H20N4O3S. The Balaban J connectivity index is 1.64. The van der Waals surface area contributed by atoms with Crippen LogP contribution in [0.2, 0.25) is 0 Å². The highest BCUT2D eigenvalue weighted by Crippen LogP contribution is 2.26. The quantitative estimate of drug-likeness (QED) is 0.228.